The predicted molar refractivity (Wildman–Crippen MR) is 49.0 cm³/mol. The lowest BCUT2D eigenvalue weighted by Gasteiger charge is -1.98. The van der Waals surface area contributed by atoms with Crippen molar-refractivity contribution in [3.8, 4) is 0 Å². The van der Waals surface area contributed by atoms with E-state index in [9.17, 15) is 4.79 Å². The van der Waals surface area contributed by atoms with Gasteiger partial charge in [-0.3, -0.25) is 4.79 Å². The van der Waals surface area contributed by atoms with Crippen molar-refractivity contribution in [3.63, 3.8) is 0 Å². The average molecular weight is 182 g/mol. The molecule has 0 saturated carbocycles. The first kappa shape index (κ1) is 9.06. The number of thioether (sulfide) groups is 1. The molecule has 0 saturated heterocycles. The number of nitrogens with zero attached hydrogens (tertiary/aromatic N) is 1. The number of hydrogen-bond donors (Lipinski definition) is 1. The second kappa shape index (κ2) is 4.77. The van der Waals surface area contributed by atoms with Gasteiger partial charge in [-0.05, 0) is 12.1 Å². The van der Waals surface area contributed by atoms with Gasteiger partial charge in [0.2, 0.25) is 5.91 Å². The fourth-order valence-electron chi connectivity index (χ4n) is 0.644. The summed E-state index contributed by atoms with van der Waals surface area (Å²) in [6.45, 7) is 0. The van der Waals surface area contributed by atoms with Crippen LogP contribution in [0.25, 0.3) is 0 Å². The highest BCUT2D eigenvalue weighted by Crippen LogP contribution is 2.12. The largest absolute Gasteiger partial charge is 0.358 e. The third-order valence-corrected chi connectivity index (χ3v) is 2.21. The quantitative estimate of drug-likeness (QED) is 0.707. The van der Waals surface area contributed by atoms with Crippen molar-refractivity contribution >= 4 is 17.7 Å². The summed E-state index contributed by atoms with van der Waals surface area (Å²) in [5.74, 6) is 0.443. The van der Waals surface area contributed by atoms with Gasteiger partial charge < -0.3 is 5.32 Å². The number of rotatable bonds is 3. The average Bonchev–Trinajstić information content (AvgIpc) is 2.16. The van der Waals surface area contributed by atoms with Gasteiger partial charge in [-0.25, -0.2) is 4.98 Å². The van der Waals surface area contributed by atoms with Crippen LogP contribution in [0.1, 0.15) is 0 Å². The monoisotopic (exact) mass is 182 g/mol. The van der Waals surface area contributed by atoms with Crippen LogP contribution in [0, 0.1) is 0 Å². The smallest absolute Gasteiger partial charge is 0.230 e. The van der Waals surface area contributed by atoms with Crippen molar-refractivity contribution in [2.45, 2.75) is 5.03 Å². The molecule has 0 aliphatic carbocycles. The van der Waals surface area contributed by atoms with Gasteiger partial charge in [0, 0.05) is 13.2 Å². The minimum atomic E-state index is 0.0191. The molecule has 1 heterocycles. The fraction of sp³-hybridized carbons (Fsp3) is 0.250. The molecule has 0 radical (unpaired) electrons. The van der Waals surface area contributed by atoms with Gasteiger partial charge >= 0.3 is 0 Å². The zero-order chi connectivity index (χ0) is 8.81. The standard InChI is InChI=1S/C8H10N2OS/c1-9-7(11)6-12-8-4-2-3-5-10-8/h2-5H,6H2,1H3,(H,9,11). The van der Waals surface area contributed by atoms with Crippen LogP contribution in [0.15, 0.2) is 29.4 Å². The van der Waals surface area contributed by atoms with Crippen LogP contribution in [0.3, 0.4) is 0 Å². The zero-order valence-corrected chi connectivity index (χ0v) is 7.60. The van der Waals surface area contributed by atoms with Gasteiger partial charge in [-0.15, -0.1) is 0 Å². The molecule has 1 aromatic heterocycles. The summed E-state index contributed by atoms with van der Waals surface area (Å²) in [4.78, 5) is 14.9. The molecule has 1 rings (SSSR count). The Morgan fingerprint density at radius 1 is 1.67 bits per heavy atom. The molecular weight excluding hydrogens is 172 g/mol. The Bertz CT molecular complexity index is 250. The van der Waals surface area contributed by atoms with Crippen LogP contribution in [-0.4, -0.2) is 23.7 Å². The van der Waals surface area contributed by atoms with Crippen molar-refractivity contribution in [2.75, 3.05) is 12.8 Å². The number of carbonyl (C=O) groups excluding carboxylic acids is 1. The van der Waals surface area contributed by atoms with Gasteiger partial charge in [0.25, 0.3) is 0 Å². The molecule has 0 spiro atoms. The Labute approximate surface area is 75.6 Å². The Morgan fingerprint density at radius 2 is 2.50 bits per heavy atom. The van der Waals surface area contributed by atoms with Crippen LogP contribution in [0.2, 0.25) is 0 Å². The van der Waals surface area contributed by atoms with Crippen molar-refractivity contribution in [1.29, 1.82) is 0 Å². The maximum absolute atomic E-state index is 10.8. The lowest BCUT2D eigenvalue weighted by molar-refractivity contribution is -0.118. The lowest BCUT2D eigenvalue weighted by Crippen LogP contribution is -2.19. The van der Waals surface area contributed by atoms with Gasteiger partial charge in [0.1, 0.15) is 0 Å². The highest BCUT2D eigenvalue weighted by atomic mass is 32.2. The molecule has 64 valence electrons. The minimum absolute atomic E-state index is 0.0191. The highest BCUT2D eigenvalue weighted by molar-refractivity contribution is 7.99. The van der Waals surface area contributed by atoms with Crippen LogP contribution in [0.5, 0.6) is 0 Å². The maximum Gasteiger partial charge on any atom is 0.230 e. The number of aromatic nitrogens is 1. The van der Waals surface area contributed by atoms with E-state index < -0.39 is 0 Å². The molecule has 1 N–H and O–H groups in total. The SMILES string of the molecule is CNC(=O)CSc1ccccn1. The normalized spacial score (nSPS) is 9.42. The van der Waals surface area contributed by atoms with E-state index in [1.54, 1.807) is 13.2 Å². The summed E-state index contributed by atoms with van der Waals surface area (Å²) < 4.78 is 0. The molecular formula is C8H10N2OS. The van der Waals surface area contributed by atoms with Gasteiger partial charge in [-0.1, -0.05) is 17.8 Å². The number of carbonyl (C=O) groups is 1. The van der Waals surface area contributed by atoms with Gasteiger partial charge in [0.15, 0.2) is 0 Å². The summed E-state index contributed by atoms with van der Waals surface area (Å²) in [5.41, 5.74) is 0. The lowest BCUT2D eigenvalue weighted by atomic mass is 10.5. The third kappa shape index (κ3) is 2.92. The summed E-state index contributed by atoms with van der Waals surface area (Å²) in [7, 11) is 1.63. The van der Waals surface area contributed by atoms with E-state index >= 15 is 0 Å². The second-order valence-corrected chi connectivity index (χ2v) is 3.13. The highest BCUT2D eigenvalue weighted by Gasteiger charge is 1.99. The Kier molecular flexibility index (Phi) is 3.60. The molecule has 4 heteroatoms. The molecule has 0 fully saturated rings. The first-order valence-electron chi connectivity index (χ1n) is 3.57. The predicted octanol–water partition coefficient (Wildman–Crippen LogP) is 0.920. The maximum atomic E-state index is 10.8. The van der Waals surface area contributed by atoms with Gasteiger partial charge in [0.05, 0.1) is 10.8 Å². The first-order valence-corrected chi connectivity index (χ1v) is 4.56. The van der Waals surface area contributed by atoms with Crippen molar-refractivity contribution in [3.05, 3.63) is 24.4 Å². The second-order valence-electron chi connectivity index (χ2n) is 2.13. The van der Waals surface area contributed by atoms with Crippen LogP contribution < -0.4 is 5.32 Å². The summed E-state index contributed by atoms with van der Waals surface area (Å²) in [6, 6.07) is 5.64. The van der Waals surface area contributed by atoms with Crippen LogP contribution in [0.4, 0.5) is 0 Å². The number of nitrogens with one attached hydrogen (secondary N) is 1. The minimum Gasteiger partial charge on any atom is -0.358 e. The molecule has 0 atom stereocenters. The van der Waals surface area contributed by atoms with Crippen molar-refractivity contribution in [2.24, 2.45) is 0 Å². The third-order valence-electron chi connectivity index (χ3n) is 1.27. The van der Waals surface area contributed by atoms with E-state index in [-0.39, 0.29) is 5.91 Å². The Hall–Kier alpha value is -1.03. The summed E-state index contributed by atoms with van der Waals surface area (Å²) in [5, 5.41) is 3.42. The molecule has 1 aromatic rings. The van der Waals surface area contributed by atoms with Crippen LogP contribution in [-0.2, 0) is 4.79 Å². The molecule has 12 heavy (non-hydrogen) atoms. The van der Waals surface area contributed by atoms with E-state index in [2.05, 4.69) is 10.3 Å². The number of pyridine rings is 1. The van der Waals surface area contributed by atoms with Crippen molar-refractivity contribution in [1.82, 2.24) is 10.3 Å². The molecule has 0 aromatic carbocycles. The van der Waals surface area contributed by atoms with E-state index in [0.717, 1.165) is 5.03 Å². The fourth-order valence-corrected chi connectivity index (χ4v) is 1.38. The van der Waals surface area contributed by atoms with Crippen LogP contribution >= 0.6 is 11.8 Å². The number of hydrogen-bond acceptors (Lipinski definition) is 3. The van der Waals surface area contributed by atoms with Gasteiger partial charge in [-0.2, -0.15) is 0 Å². The van der Waals surface area contributed by atoms with Crippen molar-refractivity contribution < 1.29 is 4.79 Å². The molecule has 3 nitrogen and oxygen atoms in total. The van der Waals surface area contributed by atoms with E-state index in [4.69, 9.17) is 0 Å². The van der Waals surface area contributed by atoms with E-state index in [0.29, 0.717) is 5.75 Å². The van der Waals surface area contributed by atoms with E-state index in [1.807, 2.05) is 18.2 Å². The summed E-state index contributed by atoms with van der Waals surface area (Å²) >= 11 is 1.43. The topological polar surface area (TPSA) is 42.0 Å². The number of amides is 1. The zero-order valence-electron chi connectivity index (χ0n) is 6.78. The molecule has 1 amide bonds. The molecule has 0 bridgehead atoms. The molecule has 0 aliphatic heterocycles. The van der Waals surface area contributed by atoms with E-state index in [1.165, 1.54) is 11.8 Å². The molecule has 0 unspecified atom stereocenters. The first-order chi connectivity index (χ1) is 5.83. The summed E-state index contributed by atoms with van der Waals surface area (Å²) in [6.07, 6.45) is 1.71. The Balaban J connectivity index is 2.38. The Morgan fingerprint density at radius 3 is 3.08 bits per heavy atom. The molecule has 0 aliphatic rings.